The molecule has 10 aromatic rings. The van der Waals surface area contributed by atoms with Crippen LogP contribution in [-0.2, 0) is 0 Å². The van der Waals surface area contributed by atoms with Crippen molar-refractivity contribution >= 4 is 43.6 Å². The van der Waals surface area contributed by atoms with Gasteiger partial charge in [-0.05, 0) is 41.5 Å². The molecule has 0 aliphatic rings. The Balaban J connectivity index is 1.20. The van der Waals surface area contributed by atoms with Gasteiger partial charge >= 0.3 is 0 Å². The van der Waals surface area contributed by atoms with Crippen molar-refractivity contribution in [1.29, 1.82) is 0 Å². The molecule has 0 saturated carbocycles. The summed E-state index contributed by atoms with van der Waals surface area (Å²) in [5, 5.41) is 5.50. The molecule has 51 heavy (non-hydrogen) atoms. The Morgan fingerprint density at radius 1 is 0.333 bits per heavy atom. The molecule has 0 aliphatic heterocycles. The third-order valence-corrected chi connectivity index (χ3v) is 9.69. The summed E-state index contributed by atoms with van der Waals surface area (Å²) in [6.07, 6.45) is 0. The Morgan fingerprint density at radius 2 is 0.902 bits per heavy atom. The molecule has 0 amide bonds. The van der Waals surface area contributed by atoms with Gasteiger partial charge in [-0.3, -0.25) is 0 Å². The van der Waals surface area contributed by atoms with Crippen molar-refractivity contribution in [2.75, 3.05) is 0 Å². The van der Waals surface area contributed by atoms with Crippen LogP contribution in [0.5, 0.6) is 0 Å². The van der Waals surface area contributed by atoms with E-state index in [1.807, 2.05) is 42.5 Å². The largest absolute Gasteiger partial charge is 0.456 e. The van der Waals surface area contributed by atoms with Crippen LogP contribution >= 0.6 is 0 Å². The fraction of sp³-hybridized carbons (Fsp3) is 0. The first-order valence-electron chi connectivity index (χ1n) is 17.1. The van der Waals surface area contributed by atoms with Crippen molar-refractivity contribution in [3.8, 4) is 56.3 Å². The fourth-order valence-electron chi connectivity index (χ4n) is 7.21. The quantitative estimate of drug-likeness (QED) is 0.174. The molecule has 0 atom stereocenters. The Hall–Kier alpha value is -6.91. The van der Waals surface area contributed by atoms with E-state index in [0.717, 1.165) is 82.9 Å². The highest BCUT2D eigenvalue weighted by Gasteiger charge is 2.19. The molecule has 0 saturated heterocycles. The van der Waals surface area contributed by atoms with Crippen LogP contribution in [0.3, 0.4) is 0 Å². The van der Waals surface area contributed by atoms with Crippen LogP contribution in [-0.4, -0.2) is 15.0 Å². The van der Waals surface area contributed by atoms with Gasteiger partial charge in [0.25, 0.3) is 0 Å². The molecule has 10 rings (SSSR count). The number of furan rings is 1. The number of para-hydroxylation sites is 1. The molecule has 0 N–H and O–H groups in total. The second kappa shape index (κ2) is 11.9. The first-order valence-corrected chi connectivity index (χ1v) is 17.1. The summed E-state index contributed by atoms with van der Waals surface area (Å²) in [4.78, 5) is 15.6. The van der Waals surface area contributed by atoms with E-state index in [9.17, 15) is 0 Å². The van der Waals surface area contributed by atoms with E-state index in [2.05, 4.69) is 133 Å². The Bertz CT molecular complexity index is 2880. The molecule has 0 aliphatic carbocycles. The maximum atomic E-state index is 6.35. The third-order valence-electron chi connectivity index (χ3n) is 9.69. The van der Waals surface area contributed by atoms with Gasteiger partial charge in [-0.2, -0.15) is 0 Å². The highest BCUT2D eigenvalue weighted by molar-refractivity contribution is 6.28. The normalized spacial score (nSPS) is 11.5. The molecule has 238 valence electrons. The first-order chi connectivity index (χ1) is 25.3. The third kappa shape index (κ3) is 5.04. The number of hydrogen-bond acceptors (Lipinski definition) is 4. The van der Waals surface area contributed by atoms with Gasteiger partial charge in [0.05, 0.1) is 22.6 Å². The van der Waals surface area contributed by atoms with Gasteiger partial charge in [-0.1, -0.05) is 146 Å². The lowest BCUT2D eigenvalue weighted by atomic mass is 9.95. The van der Waals surface area contributed by atoms with E-state index in [1.165, 1.54) is 11.1 Å². The van der Waals surface area contributed by atoms with Crippen molar-refractivity contribution in [2.24, 2.45) is 0 Å². The van der Waals surface area contributed by atoms with E-state index in [0.29, 0.717) is 5.82 Å². The molecule has 3 heterocycles. The number of nitrogens with zero attached hydrogens (tertiary/aromatic N) is 3. The SMILES string of the molecule is c1ccc(-c2ccc(-c3cc(-c4ccc5c(c4)nc(-c4ccccc4)c4ccc6oc7ccccc7c6c45)nc(-c4ccccc4)n3)cc2)cc1. The van der Waals surface area contributed by atoms with E-state index >= 15 is 0 Å². The smallest absolute Gasteiger partial charge is 0.160 e. The van der Waals surface area contributed by atoms with Crippen molar-refractivity contribution in [3.05, 3.63) is 176 Å². The number of benzene rings is 7. The highest BCUT2D eigenvalue weighted by atomic mass is 16.3. The Kier molecular flexibility index (Phi) is 6.78. The first kappa shape index (κ1) is 29.0. The number of pyridine rings is 1. The molecular formula is C47H29N3O. The molecule has 7 aromatic carbocycles. The maximum absolute atomic E-state index is 6.35. The average Bonchev–Trinajstić information content (AvgIpc) is 3.60. The van der Waals surface area contributed by atoms with Crippen LogP contribution in [0, 0.1) is 0 Å². The molecule has 0 bridgehead atoms. The van der Waals surface area contributed by atoms with Crippen LogP contribution in [0.4, 0.5) is 0 Å². The summed E-state index contributed by atoms with van der Waals surface area (Å²) in [5.41, 5.74) is 11.7. The molecule has 0 fully saturated rings. The van der Waals surface area contributed by atoms with Crippen molar-refractivity contribution < 1.29 is 4.42 Å². The van der Waals surface area contributed by atoms with Crippen LogP contribution in [0.2, 0.25) is 0 Å². The Morgan fingerprint density at radius 3 is 1.65 bits per heavy atom. The molecular weight excluding hydrogens is 623 g/mol. The van der Waals surface area contributed by atoms with Crippen molar-refractivity contribution in [1.82, 2.24) is 15.0 Å². The minimum Gasteiger partial charge on any atom is -0.456 e. The van der Waals surface area contributed by atoms with Crippen LogP contribution in [0.25, 0.3) is 99.9 Å². The molecule has 0 unspecified atom stereocenters. The van der Waals surface area contributed by atoms with Crippen molar-refractivity contribution in [2.45, 2.75) is 0 Å². The lowest BCUT2D eigenvalue weighted by molar-refractivity contribution is 0.669. The lowest BCUT2D eigenvalue weighted by Crippen LogP contribution is -1.96. The lowest BCUT2D eigenvalue weighted by Gasteiger charge is -2.13. The minimum absolute atomic E-state index is 0.679. The second-order valence-corrected chi connectivity index (χ2v) is 12.8. The van der Waals surface area contributed by atoms with Gasteiger partial charge in [-0.25, -0.2) is 15.0 Å². The monoisotopic (exact) mass is 651 g/mol. The van der Waals surface area contributed by atoms with Gasteiger partial charge in [0, 0.05) is 49.2 Å². The summed E-state index contributed by atoms with van der Waals surface area (Å²) >= 11 is 0. The van der Waals surface area contributed by atoms with Gasteiger partial charge in [0.1, 0.15) is 11.2 Å². The van der Waals surface area contributed by atoms with Gasteiger partial charge in [0.15, 0.2) is 5.82 Å². The zero-order chi connectivity index (χ0) is 33.7. The molecule has 0 radical (unpaired) electrons. The van der Waals surface area contributed by atoms with Crippen LogP contribution < -0.4 is 0 Å². The predicted molar refractivity (Wildman–Crippen MR) is 209 cm³/mol. The maximum Gasteiger partial charge on any atom is 0.160 e. The summed E-state index contributed by atoms with van der Waals surface area (Å²) in [6, 6.07) is 60.7. The average molecular weight is 652 g/mol. The zero-order valence-electron chi connectivity index (χ0n) is 27.5. The number of rotatable bonds is 5. The minimum atomic E-state index is 0.679. The number of aromatic nitrogens is 3. The number of hydrogen-bond donors (Lipinski definition) is 0. The van der Waals surface area contributed by atoms with Gasteiger partial charge in [0.2, 0.25) is 0 Å². The van der Waals surface area contributed by atoms with E-state index < -0.39 is 0 Å². The van der Waals surface area contributed by atoms with Gasteiger partial charge < -0.3 is 4.42 Å². The topological polar surface area (TPSA) is 51.8 Å². The summed E-state index contributed by atoms with van der Waals surface area (Å²) in [5.74, 6) is 0.679. The highest BCUT2D eigenvalue weighted by Crippen LogP contribution is 2.42. The van der Waals surface area contributed by atoms with E-state index in [4.69, 9.17) is 19.4 Å². The van der Waals surface area contributed by atoms with E-state index in [1.54, 1.807) is 0 Å². The molecule has 4 nitrogen and oxygen atoms in total. The van der Waals surface area contributed by atoms with Gasteiger partial charge in [-0.15, -0.1) is 0 Å². The summed E-state index contributed by atoms with van der Waals surface area (Å²) < 4.78 is 6.35. The van der Waals surface area contributed by atoms with E-state index in [-0.39, 0.29) is 0 Å². The Labute approximate surface area is 294 Å². The summed E-state index contributed by atoms with van der Waals surface area (Å²) in [6.45, 7) is 0. The standard InChI is InChI=1S/C47H29N3O/c1-4-12-30(13-5-1)31-20-22-32(23-21-31)39-29-40(50-47(49-39)34-16-8-3-9-17-34)35-24-25-36-41(28-35)48-46(33-14-6-2-7-15-33)38-26-27-43-45(44(36)38)37-18-10-11-19-42(37)51-43/h1-29H. The number of fused-ring (bicyclic) bond motifs is 7. The summed E-state index contributed by atoms with van der Waals surface area (Å²) in [7, 11) is 0. The molecule has 4 heteroatoms. The fourth-order valence-corrected chi connectivity index (χ4v) is 7.21. The zero-order valence-corrected chi connectivity index (χ0v) is 27.5. The predicted octanol–water partition coefficient (Wildman–Crippen LogP) is 12.4. The second-order valence-electron chi connectivity index (χ2n) is 12.8. The van der Waals surface area contributed by atoms with Crippen LogP contribution in [0.15, 0.2) is 180 Å². The molecule has 0 spiro atoms. The molecule has 3 aromatic heterocycles. The van der Waals surface area contributed by atoms with Crippen molar-refractivity contribution in [3.63, 3.8) is 0 Å². The van der Waals surface area contributed by atoms with Crippen LogP contribution in [0.1, 0.15) is 0 Å².